The fraction of sp³-hybridized carbons (Fsp3) is 0.348. The predicted octanol–water partition coefficient (Wildman–Crippen LogP) is 4.33. The Bertz CT molecular complexity index is 1170. The molecule has 1 N–H and O–H groups in total. The minimum atomic E-state index is -0.237. The van der Waals surface area contributed by atoms with Crippen LogP contribution < -0.4 is 4.90 Å². The lowest BCUT2D eigenvalue weighted by Crippen LogP contribution is -2.33. The molecule has 3 heterocycles. The molecule has 4 aromatic rings. The van der Waals surface area contributed by atoms with E-state index in [1.54, 1.807) is 19.1 Å². The third kappa shape index (κ3) is 3.90. The van der Waals surface area contributed by atoms with Gasteiger partial charge in [0.2, 0.25) is 17.7 Å². The van der Waals surface area contributed by atoms with Crippen molar-refractivity contribution in [2.45, 2.75) is 26.3 Å². The summed E-state index contributed by atoms with van der Waals surface area (Å²) in [5.41, 5.74) is 3.37. The highest BCUT2D eigenvalue weighted by Crippen LogP contribution is 2.26. The van der Waals surface area contributed by atoms with Gasteiger partial charge in [0.1, 0.15) is 5.82 Å². The molecule has 0 amide bonds. The van der Waals surface area contributed by atoms with Gasteiger partial charge < -0.3 is 14.4 Å². The van der Waals surface area contributed by atoms with Crippen molar-refractivity contribution in [3.8, 4) is 11.4 Å². The number of hydrogen-bond acceptors (Lipinski definition) is 6. The maximum atomic E-state index is 13.6. The highest BCUT2D eigenvalue weighted by molar-refractivity contribution is 5.77. The second-order valence-electron chi connectivity index (χ2n) is 8.05. The second kappa shape index (κ2) is 8.11. The van der Waals surface area contributed by atoms with Gasteiger partial charge in [-0.25, -0.2) is 9.37 Å². The van der Waals surface area contributed by atoms with Crippen LogP contribution in [-0.2, 0) is 0 Å². The van der Waals surface area contributed by atoms with Crippen LogP contribution in [-0.4, -0.2) is 51.2 Å². The van der Waals surface area contributed by atoms with Crippen molar-refractivity contribution in [1.82, 2.24) is 25.0 Å². The van der Waals surface area contributed by atoms with Crippen molar-refractivity contribution < 1.29 is 8.91 Å². The number of nitrogens with zero attached hydrogens (tertiary/aromatic N) is 5. The topological polar surface area (TPSA) is 74.1 Å². The number of nitrogens with one attached hydrogen (secondary N) is 1. The maximum Gasteiger partial charge on any atom is 0.244 e. The second-order valence-corrected chi connectivity index (χ2v) is 8.05. The number of anilines is 1. The molecule has 2 aromatic carbocycles. The third-order valence-corrected chi connectivity index (χ3v) is 5.97. The number of para-hydroxylation sites is 2. The van der Waals surface area contributed by atoms with Crippen LogP contribution in [0.5, 0.6) is 0 Å². The van der Waals surface area contributed by atoms with E-state index in [1.165, 1.54) is 6.07 Å². The van der Waals surface area contributed by atoms with E-state index in [0.717, 1.165) is 55.1 Å². The maximum absolute atomic E-state index is 13.6. The molecule has 0 spiro atoms. The highest BCUT2D eigenvalue weighted by Gasteiger charge is 2.25. The van der Waals surface area contributed by atoms with Crippen LogP contribution in [0.2, 0.25) is 0 Å². The van der Waals surface area contributed by atoms with Crippen molar-refractivity contribution in [3.05, 3.63) is 59.7 Å². The zero-order chi connectivity index (χ0) is 21.4. The molecular weight excluding hydrogens is 395 g/mol. The molecular formula is C23H25FN6O. The van der Waals surface area contributed by atoms with Crippen LogP contribution in [0.4, 0.5) is 10.3 Å². The molecule has 0 saturated carbocycles. The largest absolute Gasteiger partial charge is 0.341 e. The SMILES string of the molecule is Cc1cc(-c2noc(C(C)N3CCCN(c4nc5ccccc5[nH]4)CC3)n2)ccc1F. The summed E-state index contributed by atoms with van der Waals surface area (Å²) in [5, 5.41) is 4.12. The minimum Gasteiger partial charge on any atom is -0.341 e. The van der Waals surface area contributed by atoms with E-state index in [-0.39, 0.29) is 11.9 Å². The summed E-state index contributed by atoms with van der Waals surface area (Å²) in [5.74, 6) is 1.75. The summed E-state index contributed by atoms with van der Waals surface area (Å²) < 4.78 is 19.1. The van der Waals surface area contributed by atoms with Gasteiger partial charge in [0.25, 0.3) is 0 Å². The Balaban J connectivity index is 1.28. The Kier molecular flexibility index (Phi) is 5.15. The lowest BCUT2D eigenvalue weighted by molar-refractivity contribution is 0.184. The molecule has 2 aromatic heterocycles. The molecule has 1 unspecified atom stereocenters. The molecule has 7 nitrogen and oxygen atoms in total. The van der Waals surface area contributed by atoms with Gasteiger partial charge in [-0.05, 0) is 56.2 Å². The zero-order valence-corrected chi connectivity index (χ0v) is 17.7. The summed E-state index contributed by atoms with van der Waals surface area (Å²) in [7, 11) is 0. The number of H-pyrrole nitrogens is 1. The molecule has 1 aliphatic rings. The Morgan fingerprint density at radius 2 is 1.94 bits per heavy atom. The molecule has 1 saturated heterocycles. The van der Waals surface area contributed by atoms with Crippen molar-refractivity contribution >= 4 is 17.0 Å². The Hall–Kier alpha value is -3.26. The lowest BCUT2D eigenvalue weighted by atomic mass is 10.1. The lowest BCUT2D eigenvalue weighted by Gasteiger charge is -2.25. The number of aromatic nitrogens is 4. The fourth-order valence-corrected chi connectivity index (χ4v) is 4.09. The van der Waals surface area contributed by atoms with Gasteiger partial charge >= 0.3 is 0 Å². The number of aryl methyl sites for hydroxylation is 1. The summed E-state index contributed by atoms with van der Waals surface area (Å²) in [6.45, 7) is 7.42. The number of aromatic amines is 1. The van der Waals surface area contributed by atoms with Gasteiger partial charge in [-0.15, -0.1) is 0 Å². The quantitative estimate of drug-likeness (QED) is 0.530. The molecule has 0 radical (unpaired) electrons. The van der Waals surface area contributed by atoms with E-state index in [9.17, 15) is 4.39 Å². The van der Waals surface area contributed by atoms with E-state index in [0.29, 0.717) is 17.3 Å². The van der Waals surface area contributed by atoms with Crippen LogP contribution in [0.1, 0.15) is 30.8 Å². The third-order valence-electron chi connectivity index (χ3n) is 5.97. The fourth-order valence-electron chi connectivity index (χ4n) is 4.09. The Morgan fingerprint density at radius 1 is 1.06 bits per heavy atom. The number of halogens is 1. The highest BCUT2D eigenvalue weighted by atomic mass is 19.1. The summed E-state index contributed by atoms with van der Waals surface area (Å²) >= 11 is 0. The van der Waals surface area contributed by atoms with Gasteiger partial charge in [-0.3, -0.25) is 4.90 Å². The summed E-state index contributed by atoms with van der Waals surface area (Å²) in [6, 6.07) is 13.0. The van der Waals surface area contributed by atoms with Crippen LogP contribution >= 0.6 is 0 Å². The number of rotatable bonds is 4. The molecule has 0 bridgehead atoms. The molecule has 8 heteroatoms. The van der Waals surface area contributed by atoms with E-state index >= 15 is 0 Å². The first-order valence-corrected chi connectivity index (χ1v) is 10.6. The average Bonchev–Trinajstić information content (AvgIpc) is 3.37. The first kappa shape index (κ1) is 19.7. The Morgan fingerprint density at radius 3 is 2.77 bits per heavy atom. The number of hydrogen-bond donors (Lipinski definition) is 1. The average molecular weight is 420 g/mol. The zero-order valence-electron chi connectivity index (χ0n) is 17.7. The first-order chi connectivity index (χ1) is 15.1. The number of imidazole rings is 1. The molecule has 1 atom stereocenters. The molecule has 5 rings (SSSR count). The minimum absolute atomic E-state index is 0.00146. The number of benzene rings is 2. The van der Waals surface area contributed by atoms with Crippen molar-refractivity contribution in [1.29, 1.82) is 0 Å². The molecule has 31 heavy (non-hydrogen) atoms. The van der Waals surface area contributed by atoms with Gasteiger partial charge in [0, 0.05) is 31.7 Å². The van der Waals surface area contributed by atoms with E-state index in [4.69, 9.17) is 9.51 Å². The summed E-state index contributed by atoms with van der Waals surface area (Å²) in [4.78, 5) is 17.4. The van der Waals surface area contributed by atoms with Crippen molar-refractivity contribution in [3.63, 3.8) is 0 Å². The summed E-state index contributed by atoms with van der Waals surface area (Å²) in [6.07, 6.45) is 1.01. The molecule has 160 valence electrons. The van der Waals surface area contributed by atoms with Gasteiger partial charge in [-0.1, -0.05) is 17.3 Å². The van der Waals surface area contributed by atoms with Gasteiger partial charge in [-0.2, -0.15) is 4.98 Å². The van der Waals surface area contributed by atoms with Crippen LogP contribution in [0.3, 0.4) is 0 Å². The molecule has 1 aliphatic heterocycles. The normalized spacial score (nSPS) is 16.5. The monoisotopic (exact) mass is 420 g/mol. The van der Waals surface area contributed by atoms with Crippen LogP contribution in [0.25, 0.3) is 22.4 Å². The Labute approximate surface area is 179 Å². The van der Waals surface area contributed by atoms with E-state index in [1.807, 2.05) is 24.3 Å². The van der Waals surface area contributed by atoms with Gasteiger partial charge in [0.05, 0.1) is 17.1 Å². The van der Waals surface area contributed by atoms with Crippen LogP contribution in [0, 0.1) is 12.7 Å². The van der Waals surface area contributed by atoms with Crippen molar-refractivity contribution in [2.75, 3.05) is 31.1 Å². The van der Waals surface area contributed by atoms with Crippen LogP contribution in [0.15, 0.2) is 47.0 Å². The van der Waals surface area contributed by atoms with Gasteiger partial charge in [0.15, 0.2) is 0 Å². The predicted molar refractivity (Wildman–Crippen MR) is 117 cm³/mol. The van der Waals surface area contributed by atoms with Crippen molar-refractivity contribution in [2.24, 2.45) is 0 Å². The molecule has 0 aliphatic carbocycles. The smallest absolute Gasteiger partial charge is 0.244 e. The standard InChI is InChI=1S/C23H25FN6O/c1-15-14-17(8-9-18(15)24)21-27-22(31-28-21)16(2)29-10-5-11-30(13-12-29)23-25-19-6-3-4-7-20(19)26-23/h3-4,6-9,14,16H,5,10-13H2,1-2H3,(H,25,26). The molecule has 1 fully saturated rings. The van der Waals surface area contributed by atoms with E-state index < -0.39 is 0 Å². The first-order valence-electron chi connectivity index (χ1n) is 10.6. The number of fused-ring (bicyclic) bond motifs is 1. The van der Waals surface area contributed by atoms with E-state index in [2.05, 4.69) is 31.8 Å².